The molecule has 0 aromatic heterocycles. The molecule has 0 saturated heterocycles. The fourth-order valence-corrected chi connectivity index (χ4v) is 2.51. The Morgan fingerprint density at radius 2 is 1.43 bits per heavy atom. The summed E-state index contributed by atoms with van der Waals surface area (Å²) in [4.78, 5) is 12.3. The summed E-state index contributed by atoms with van der Waals surface area (Å²) >= 11 is 0. The van der Waals surface area contributed by atoms with Gasteiger partial charge in [-0.05, 0) is 17.0 Å². The molecule has 0 bridgehead atoms. The molecule has 1 unspecified atom stereocenters. The Morgan fingerprint density at radius 1 is 0.957 bits per heavy atom. The largest absolute Gasteiger partial charge is 0.391 e. The lowest BCUT2D eigenvalue weighted by Gasteiger charge is -2.19. The number of amides is 1. The maximum absolute atomic E-state index is 12.3. The van der Waals surface area contributed by atoms with Crippen molar-refractivity contribution >= 4 is 5.91 Å². The minimum absolute atomic E-state index is 0.0218. The van der Waals surface area contributed by atoms with Gasteiger partial charge in [-0.2, -0.15) is 0 Å². The zero-order valence-electron chi connectivity index (χ0n) is 13.8. The van der Waals surface area contributed by atoms with Gasteiger partial charge in [-0.3, -0.25) is 4.79 Å². The maximum Gasteiger partial charge on any atom is 0.221 e. The first-order valence-electron chi connectivity index (χ1n) is 8.12. The van der Waals surface area contributed by atoms with E-state index in [2.05, 4.69) is 5.32 Å². The number of carbonyl (C=O) groups is 1. The van der Waals surface area contributed by atoms with Gasteiger partial charge in [0.15, 0.2) is 0 Å². The fourth-order valence-electron chi connectivity index (χ4n) is 2.51. The van der Waals surface area contributed by atoms with Crippen LogP contribution in [0.1, 0.15) is 37.3 Å². The number of hydrogen-bond donors (Lipinski definition) is 2. The molecule has 1 amide bonds. The lowest BCUT2D eigenvalue weighted by Crippen LogP contribution is -2.35. The van der Waals surface area contributed by atoms with E-state index in [1.54, 1.807) is 0 Å². The zero-order valence-corrected chi connectivity index (χ0v) is 13.8. The zero-order chi connectivity index (χ0) is 16.7. The molecule has 23 heavy (non-hydrogen) atoms. The molecule has 0 saturated carbocycles. The van der Waals surface area contributed by atoms with Crippen molar-refractivity contribution in [3.05, 3.63) is 71.8 Å². The van der Waals surface area contributed by atoms with Crippen LogP contribution in [0.5, 0.6) is 0 Å². The van der Waals surface area contributed by atoms with E-state index in [4.69, 9.17) is 0 Å². The number of hydrogen-bond acceptors (Lipinski definition) is 2. The second-order valence-corrected chi connectivity index (χ2v) is 6.19. The molecule has 0 aliphatic heterocycles. The van der Waals surface area contributed by atoms with Gasteiger partial charge in [0.2, 0.25) is 5.91 Å². The van der Waals surface area contributed by atoms with Crippen molar-refractivity contribution in [2.75, 3.05) is 6.54 Å². The van der Waals surface area contributed by atoms with Gasteiger partial charge < -0.3 is 10.4 Å². The number of benzene rings is 2. The Balaban J connectivity index is 2.08. The van der Waals surface area contributed by atoms with Gasteiger partial charge in [0.25, 0.3) is 0 Å². The molecule has 0 aliphatic rings. The van der Waals surface area contributed by atoms with E-state index in [0.29, 0.717) is 13.0 Å². The molecule has 0 radical (unpaired) electrons. The molecule has 2 aromatic rings. The van der Waals surface area contributed by atoms with E-state index in [9.17, 15) is 9.90 Å². The van der Waals surface area contributed by atoms with Crippen LogP contribution in [0.15, 0.2) is 60.7 Å². The molecule has 2 rings (SSSR count). The van der Waals surface area contributed by atoms with Gasteiger partial charge in [-0.1, -0.05) is 74.5 Å². The Morgan fingerprint density at radius 3 is 1.87 bits per heavy atom. The van der Waals surface area contributed by atoms with E-state index >= 15 is 0 Å². The van der Waals surface area contributed by atoms with Crippen molar-refractivity contribution in [1.29, 1.82) is 0 Å². The lowest BCUT2D eigenvalue weighted by molar-refractivity contribution is -0.121. The molecule has 0 aliphatic carbocycles. The third kappa shape index (κ3) is 5.22. The molecule has 2 N–H and O–H groups in total. The van der Waals surface area contributed by atoms with Crippen LogP contribution in [-0.4, -0.2) is 23.7 Å². The molecule has 0 spiro atoms. The quantitative estimate of drug-likeness (QED) is 0.824. The van der Waals surface area contributed by atoms with E-state index in [0.717, 1.165) is 11.1 Å². The van der Waals surface area contributed by atoms with Crippen molar-refractivity contribution in [2.45, 2.75) is 32.3 Å². The SMILES string of the molecule is CC(C)C(O)CNC(=O)CC(c1ccccc1)c1ccccc1. The molecule has 3 nitrogen and oxygen atoms in total. The lowest BCUT2D eigenvalue weighted by atomic mass is 9.88. The number of aliphatic hydroxyl groups excluding tert-OH is 1. The monoisotopic (exact) mass is 311 g/mol. The third-order valence-corrected chi connectivity index (χ3v) is 4.07. The van der Waals surface area contributed by atoms with Gasteiger partial charge >= 0.3 is 0 Å². The van der Waals surface area contributed by atoms with Crippen molar-refractivity contribution in [3.8, 4) is 0 Å². The van der Waals surface area contributed by atoms with E-state index in [1.807, 2.05) is 74.5 Å². The topological polar surface area (TPSA) is 49.3 Å². The predicted molar refractivity (Wildman–Crippen MR) is 93.2 cm³/mol. The van der Waals surface area contributed by atoms with Crippen LogP contribution in [-0.2, 0) is 4.79 Å². The minimum atomic E-state index is -0.508. The fraction of sp³-hybridized carbons (Fsp3) is 0.350. The molecule has 0 fully saturated rings. The molecule has 2 aromatic carbocycles. The summed E-state index contributed by atoms with van der Waals surface area (Å²) in [5, 5.41) is 12.7. The van der Waals surface area contributed by atoms with Crippen LogP contribution in [0.3, 0.4) is 0 Å². The average Bonchev–Trinajstić information content (AvgIpc) is 2.59. The van der Waals surface area contributed by atoms with Crippen molar-refractivity contribution in [1.82, 2.24) is 5.32 Å². The van der Waals surface area contributed by atoms with Crippen LogP contribution in [0.2, 0.25) is 0 Å². The highest BCUT2D eigenvalue weighted by atomic mass is 16.3. The van der Waals surface area contributed by atoms with E-state index in [1.165, 1.54) is 0 Å². The van der Waals surface area contributed by atoms with Gasteiger partial charge in [0, 0.05) is 18.9 Å². The van der Waals surface area contributed by atoms with Gasteiger partial charge in [0.1, 0.15) is 0 Å². The predicted octanol–water partition coefficient (Wildman–Crippen LogP) is 3.34. The Bertz CT molecular complexity index is 556. The second kappa shape index (κ2) is 8.49. The highest BCUT2D eigenvalue weighted by Gasteiger charge is 2.19. The Labute approximate surface area is 138 Å². The number of rotatable bonds is 7. The molecule has 1 atom stereocenters. The van der Waals surface area contributed by atoms with E-state index in [-0.39, 0.29) is 17.7 Å². The number of carbonyl (C=O) groups excluding carboxylic acids is 1. The number of aliphatic hydroxyl groups is 1. The van der Waals surface area contributed by atoms with Gasteiger partial charge in [-0.25, -0.2) is 0 Å². The minimum Gasteiger partial charge on any atom is -0.391 e. The van der Waals surface area contributed by atoms with Gasteiger partial charge in [-0.15, -0.1) is 0 Å². The van der Waals surface area contributed by atoms with Crippen molar-refractivity contribution in [2.24, 2.45) is 5.92 Å². The van der Waals surface area contributed by atoms with Crippen molar-refractivity contribution in [3.63, 3.8) is 0 Å². The summed E-state index contributed by atoms with van der Waals surface area (Å²) in [6.45, 7) is 4.17. The molecule has 0 heterocycles. The average molecular weight is 311 g/mol. The van der Waals surface area contributed by atoms with Crippen LogP contribution in [0.4, 0.5) is 0 Å². The van der Waals surface area contributed by atoms with Crippen LogP contribution < -0.4 is 5.32 Å². The van der Waals surface area contributed by atoms with E-state index < -0.39 is 6.10 Å². The highest BCUT2D eigenvalue weighted by molar-refractivity contribution is 5.77. The number of nitrogens with one attached hydrogen (secondary N) is 1. The second-order valence-electron chi connectivity index (χ2n) is 6.19. The first-order valence-corrected chi connectivity index (χ1v) is 8.12. The molecular formula is C20H25NO2. The summed E-state index contributed by atoms with van der Waals surface area (Å²) in [6.07, 6.45) is -0.135. The van der Waals surface area contributed by atoms with Gasteiger partial charge in [0.05, 0.1) is 6.10 Å². The summed E-state index contributed by atoms with van der Waals surface area (Å²) in [6, 6.07) is 20.1. The standard InChI is InChI=1S/C20H25NO2/c1-15(2)19(22)14-21-20(23)13-18(16-9-5-3-6-10-16)17-11-7-4-8-12-17/h3-12,15,18-19,22H,13-14H2,1-2H3,(H,21,23). The summed E-state index contributed by atoms with van der Waals surface area (Å²) in [5.74, 6) is 0.116. The van der Waals surface area contributed by atoms with Crippen molar-refractivity contribution < 1.29 is 9.90 Å². The molecule has 3 heteroatoms. The Hall–Kier alpha value is -2.13. The summed E-state index contributed by atoms with van der Waals surface area (Å²) in [7, 11) is 0. The maximum atomic E-state index is 12.3. The Kier molecular flexibility index (Phi) is 6.36. The first kappa shape index (κ1) is 17.2. The smallest absolute Gasteiger partial charge is 0.221 e. The molecular weight excluding hydrogens is 286 g/mol. The van der Waals surface area contributed by atoms with Crippen LogP contribution in [0, 0.1) is 5.92 Å². The van der Waals surface area contributed by atoms with Crippen LogP contribution >= 0.6 is 0 Å². The van der Waals surface area contributed by atoms with Crippen LogP contribution in [0.25, 0.3) is 0 Å². The summed E-state index contributed by atoms with van der Waals surface area (Å²) in [5.41, 5.74) is 2.25. The highest BCUT2D eigenvalue weighted by Crippen LogP contribution is 2.27. The first-order chi connectivity index (χ1) is 11.1. The summed E-state index contributed by atoms with van der Waals surface area (Å²) < 4.78 is 0. The third-order valence-electron chi connectivity index (χ3n) is 4.07. The molecule has 122 valence electrons. The normalized spacial score (nSPS) is 12.4.